The molecule has 4 amide bonds. The predicted octanol–water partition coefficient (Wildman–Crippen LogP) is 5.53. The number of morpholine rings is 1. The maximum atomic E-state index is 16.4. The molecular weight excluding hydrogens is 792 g/mol. The fourth-order valence-corrected chi connectivity index (χ4v) is 8.97. The van der Waals surface area contributed by atoms with Gasteiger partial charge in [0, 0.05) is 64.3 Å². The van der Waals surface area contributed by atoms with Gasteiger partial charge in [-0.05, 0) is 61.1 Å². The molecule has 0 bridgehead atoms. The van der Waals surface area contributed by atoms with Crippen molar-refractivity contribution in [3.63, 3.8) is 0 Å². The summed E-state index contributed by atoms with van der Waals surface area (Å²) < 4.78 is 83.1. The van der Waals surface area contributed by atoms with Gasteiger partial charge in [-0.1, -0.05) is 30.3 Å². The molecule has 2 aromatic carbocycles. The molecule has 322 valence electrons. The molecule has 2 unspecified atom stereocenters. The summed E-state index contributed by atoms with van der Waals surface area (Å²) in [7, 11) is 2.85. The number of piperidine rings is 1. The first kappa shape index (κ1) is 41.5. The van der Waals surface area contributed by atoms with Crippen molar-refractivity contribution in [2.24, 2.45) is 24.8 Å². The minimum Gasteiger partial charge on any atom is -0.487 e. The molecule has 18 heteroatoms. The van der Waals surface area contributed by atoms with E-state index >= 15 is 4.39 Å². The Morgan fingerprint density at radius 1 is 1.03 bits per heavy atom. The third-order valence-corrected chi connectivity index (χ3v) is 12.4. The zero-order valence-corrected chi connectivity index (χ0v) is 33.3. The van der Waals surface area contributed by atoms with Crippen LogP contribution in [0.1, 0.15) is 72.6 Å². The highest BCUT2D eigenvalue weighted by atomic mass is 19.4. The molecule has 5 aliphatic rings. The molecule has 4 heterocycles. The number of hydrogen-bond donors (Lipinski definition) is 2. The van der Waals surface area contributed by atoms with E-state index in [4.69, 9.17) is 18.9 Å². The minimum absolute atomic E-state index is 0.0133. The standard InChI is InChI=1S/C42H48F4N6O8/c1-50-30(12-15-47-50)37(53)49-36(35(25-8-9-25)26-10-11-26)38(54)48-29-19-32-27(18-28(29)43)31(52-21-34(42(44,45)46)59-33(23-57-2)39(52)55)20-41(60-32)13-16-51(17-14-41)40(56)58-22-24-6-4-3-5-7-24/h3-7,12,15,18-19,25-26,31,33-36H,8-11,13-14,16-17,20-23H2,1-2H3,(H,48,54)(H,49,53)/t31?,33?,34-,36-/m0/s1. The number of carbonyl (C=O) groups is 4. The maximum Gasteiger partial charge on any atom is 0.416 e. The molecule has 2 aliphatic carbocycles. The van der Waals surface area contributed by atoms with E-state index in [-0.39, 0.29) is 79.4 Å². The number of methoxy groups -OCH3 is 1. The van der Waals surface area contributed by atoms with Crippen LogP contribution in [0.25, 0.3) is 0 Å². The van der Waals surface area contributed by atoms with E-state index in [9.17, 15) is 32.3 Å². The quantitative estimate of drug-likeness (QED) is 0.224. The Balaban J connectivity index is 1.09. The molecule has 8 rings (SSSR count). The number of carbonyl (C=O) groups excluding carboxylic acids is 4. The lowest BCUT2D eigenvalue weighted by Gasteiger charge is -2.50. The first-order valence-corrected chi connectivity index (χ1v) is 20.3. The van der Waals surface area contributed by atoms with Crippen LogP contribution in [0.15, 0.2) is 54.7 Å². The normalized spacial score (nSPS) is 23.2. The number of rotatable bonds is 12. The molecule has 2 saturated carbocycles. The predicted molar refractivity (Wildman–Crippen MR) is 205 cm³/mol. The van der Waals surface area contributed by atoms with Crippen LogP contribution in [-0.2, 0) is 37.5 Å². The van der Waals surface area contributed by atoms with E-state index in [1.54, 1.807) is 7.05 Å². The van der Waals surface area contributed by atoms with E-state index in [0.717, 1.165) is 42.2 Å². The fourth-order valence-electron chi connectivity index (χ4n) is 8.97. The number of amides is 4. The fraction of sp³-hybridized carbons (Fsp3) is 0.548. The number of alkyl halides is 3. The Labute approximate surface area is 343 Å². The van der Waals surface area contributed by atoms with Crippen LogP contribution in [0.3, 0.4) is 0 Å². The molecule has 60 heavy (non-hydrogen) atoms. The van der Waals surface area contributed by atoms with Gasteiger partial charge in [0.25, 0.3) is 11.8 Å². The lowest BCUT2D eigenvalue weighted by molar-refractivity contribution is -0.256. The lowest BCUT2D eigenvalue weighted by atomic mass is 9.79. The number of ether oxygens (including phenoxy) is 4. The Hall–Kier alpha value is -5.23. The summed E-state index contributed by atoms with van der Waals surface area (Å²) >= 11 is 0. The van der Waals surface area contributed by atoms with Gasteiger partial charge in [0.15, 0.2) is 12.2 Å². The van der Waals surface area contributed by atoms with Gasteiger partial charge in [-0.15, -0.1) is 0 Å². The summed E-state index contributed by atoms with van der Waals surface area (Å²) in [5.74, 6) is -2.49. The average Bonchev–Trinajstić information content (AvgIpc) is 4.17. The van der Waals surface area contributed by atoms with Crippen molar-refractivity contribution in [2.75, 3.05) is 38.7 Å². The van der Waals surface area contributed by atoms with Crippen LogP contribution in [0.2, 0.25) is 0 Å². The van der Waals surface area contributed by atoms with Crippen molar-refractivity contribution in [1.82, 2.24) is 24.9 Å². The smallest absolute Gasteiger partial charge is 0.416 e. The highest BCUT2D eigenvalue weighted by Gasteiger charge is 2.54. The van der Waals surface area contributed by atoms with Crippen molar-refractivity contribution in [2.45, 2.75) is 87.6 Å². The first-order chi connectivity index (χ1) is 28.7. The van der Waals surface area contributed by atoms with Gasteiger partial charge in [-0.25, -0.2) is 9.18 Å². The van der Waals surface area contributed by atoms with Gasteiger partial charge in [-0.2, -0.15) is 18.3 Å². The number of anilines is 1. The van der Waals surface area contributed by atoms with Crippen LogP contribution in [0, 0.1) is 23.6 Å². The van der Waals surface area contributed by atoms with E-state index < -0.39 is 78.9 Å². The number of hydrogen-bond acceptors (Lipinski definition) is 9. The van der Waals surface area contributed by atoms with Crippen LogP contribution < -0.4 is 15.4 Å². The number of nitrogens with one attached hydrogen (secondary N) is 2. The summed E-state index contributed by atoms with van der Waals surface area (Å²) in [6.07, 6.45) is -3.82. The second-order valence-electron chi connectivity index (χ2n) is 16.5. The zero-order chi connectivity index (χ0) is 42.3. The summed E-state index contributed by atoms with van der Waals surface area (Å²) in [5.41, 5.74) is -0.208. The van der Waals surface area contributed by atoms with Crippen molar-refractivity contribution < 1.29 is 55.7 Å². The Bertz CT molecular complexity index is 2070. The van der Waals surface area contributed by atoms with Crippen molar-refractivity contribution in [3.8, 4) is 5.75 Å². The first-order valence-electron chi connectivity index (χ1n) is 20.3. The van der Waals surface area contributed by atoms with Crippen molar-refractivity contribution in [1.29, 1.82) is 0 Å². The van der Waals surface area contributed by atoms with E-state index in [2.05, 4.69) is 15.7 Å². The summed E-state index contributed by atoms with van der Waals surface area (Å²) in [6.45, 7) is -0.912. The highest BCUT2D eigenvalue weighted by Crippen LogP contribution is 2.52. The van der Waals surface area contributed by atoms with Crippen molar-refractivity contribution in [3.05, 3.63) is 77.4 Å². The minimum atomic E-state index is -4.83. The molecule has 1 aromatic heterocycles. The number of aryl methyl sites for hydroxylation is 1. The number of halogens is 4. The topological polar surface area (TPSA) is 154 Å². The Kier molecular flexibility index (Phi) is 11.5. The van der Waals surface area contributed by atoms with Crippen LogP contribution in [0.4, 0.5) is 28.0 Å². The van der Waals surface area contributed by atoms with Crippen LogP contribution in [0.5, 0.6) is 5.75 Å². The summed E-state index contributed by atoms with van der Waals surface area (Å²) in [4.78, 5) is 57.3. The molecule has 2 N–H and O–H groups in total. The molecule has 3 aromatic rings. The van der Waals surface area contributed by atoms with Crippen LogP contribution >= 0.6 is 0 Å². The number of likely N-dealkylation sites (tertiary alicyclic amines) is 1. The Morgan fingerprint density at radius 2 is 1.73 bits per heavy atom. The zero-order valence-electron chi connectivity index (χ0n) is 33.3. The van der Waals surface area contributed by atoms with E-state index in [0.29, 0.717) is 0 Å². The monoisotopic (exact) mass is 840 g/mol. The number of benzene rings is 2. The van der Waals surface area contributed by atoms with Crippen LogP contribution in [-0.4, -0.2) is 107 Å². The van der Waals surface area contributed by atoms with Gasteiger partial charge in [0.1, 0.15) is 35.5 Å². The third kappa shape index (κ3) is 8.80. The number of nitrogens with zero attached hydrogens (tertiary/aromatic N) is 4. The summed E-state index contributed by atoms with van der Waals surface area (Å²) in [6, 6.07) is 11.0. The summed E-state index contributed by atoms with van der Waals surface area (Å²) in [5, 5.41) is 9.67. The van der Waals surface area contributed by atoms with Gasteiger partial charge >= 0.3 is 12.3 Å². The second kappa shape index (κ2) is 16.7. The number of aromatic nitrogens is 2. The molecule has 1 spiro atoms. The SMILES string of the molecule is COCC1O[C@H](C(F)(F)F)CN(C2CC3(CCN(C(=O)OCc4ccccc4)CC3)Oc3cc(NC(=O)[C@@H](NC(=O)c4ccnn4C)C(C4CC4)C4CC4)c(F)cc32)C1=O. The van der Waals surface area contributed by atoms with Gasteiger partial charge in [-0.3, -0.25) is 19.1 Å². The maximum absolute atomic E-state index is 16.4. The number of fused-ring (bicyclic) bond motifs is 1. The third-order valence-electron chi connectivity index (χ3n) is 12.4. The molecule has 14 nitrogen and oxygen atoms in total. The average molecular weight is 841 g/mol. The molecule has 4 fully saturated rings. The molecule has 3 aliphatic heterocycles. The largest absolute Gasteiger partial charge is 0.487 e. The second-order valence-corrected chi connectivity index (χ2v) is 16.5. The van der Waals surface area contributed by atoms with Gasteiger partial charge < -0.3 is 39.4 Å². The molecule has 2 saturated heterocycles. The van der Waals surface area contributed by atoms with Gasteiger partial charge in [0.2, 0.25) is 5.91 Å². The van der Waals surface area contributed by atoms with E-state index in [1.165, 1.54) is 35.0 Å². The molecular formula is C42H48F4N6O8. The van der Waals surface area contributed by atoms with Crippen molar-refractivity contribution >= 4 is 29.5 Å². The highest BCUT2D eigenvalue weighted by molar-refractivity contribution is 6.01. The van der Waals surface area contributed by atoms with E-state index in [1.807, 2.05) is 30.3 Å². The Morgan fingerprint density at radius 3 is 2.35 bits per heavy atom. The lowest BCUT2D eigenvalue weighted by Crippen LogP contribution is -2.60. The molecule has 0 radical (unpaired) electrons. The molecule has 4 atom stereocenters. The van der Waals surface area contributed by atoms with Gasteiger partial charge in [0.05, 0.1) is 24.9 Å².